The molecule has 4 rings (SSSR count). The molecule has 2 aromatic carbocycles. The first-order chi connectivity index (χ1) is 13.0. The summed E-state index contributed by atoms with van der Waals surface area (Å²) in [5, 5.41) is 40.9. The first kappa shape index (κ1) is 17.9. The molecule has 27 heavy (non-hydrogen) atoms. The SMILES string of the molecule is O=c1oc2cc(O[C@H]3O[C@H](CO)[C@H](O)[C@H](O)[C@H]3O)ccc2c2ccccc12. The number of hydrogen-bond acceptors (Lipinski definition) is 8. The number of aliphatic hydroxyl groups excluding tert-OH is 4. The van der Waals surface area contributed by atoms with Crippen LogP contribution in [-0.4, -0.2) is 57.7 Å². The second kappa shape index (κ2) is 6.91. The van der Waals surface area contributed by atoms with Crippen LogP contribution in [0.25, 0.3) is 21.7 Å². The van der Waals surface area contributed by atoms with Gasteiger partial charge in [0.05, 0.1) is 12.0 Å². The van der Waals surface area contributed by atoms with Crippen molar-refractivity contribution in [3.8, 4) is 5.75 Å². The molecular formula is C19H18O8. The maximum absolute atomic E-state index is 12.1. The fraction of sp³-hybridized carbons (Fsp3) is 0.316. The topological polar surface area (TPSA) is 130 Å². The van der Waals surface area contributed by atoms with E-state index in [0.29, 0.717) is 16.4 Å². The van der Waals surface area contributed by atoms with E-state index in [1.54, 1.807) is 24.3 Å². The van der Waals surface area contributed by atoms with Crippen molar-refractivity contribution in [3.05, 3.63) is 52.9 Å². The van der Waals surface area contributed by atoms with E-state index in [-0.39, 0.29) is 5.75 Å². The average molecular weight is 374 g/mol. The number of rotatable bonds is 3. The van der Waals surface area contributed by atoms with Crippen LogP contribution >= 0.6 is 0 Å². The summed E-state index contributed by atoms with van der Waals surface area (Å²) in [5.74, 6) is 0.227. The summed E-state index contributed by atoms with van der Waals surface area (Å²) in [6.45, 7) is -0.552. The van der Waals surface area contributed by atoms with Crippen LogP contribution < -0.4 is 10.4 Å². The van der Waals surface area contributed by atoms with Crippen molar-refractivity contribution < 1.29 is 34.3 Å². The monoisotopic (exact) mass is 374 g/mol. The van der Waals surface area contributed by atoms with Gasteiger partial charge in [0.2, 0.25) is 6.29 Å². The third-order valence-electron chi connectivity index (χ3n) is 4.69. The molecule has 4 N–H and O–H groups in total. The van der Waals surface area contributed by atoms with E-state index in [1.807, 2.05) is 12.1 Å². The smallest absolute Gasteiger partial charge is 0.344 e. The van der Waals surface area contributed by atoms with Crippen LogP contribution in [0, 0.1) is 0 Å². The summed E-state index contributed by atoms with van der Waals surface area (Å²) in [5.41, 5.74) is -0.191. The number of hydrogen-bond donors (Lipinski definition) is 4. The average Bonchev–Trinajstić information content (AvgIpc) is 2.68. The second-order valence-electron chi connectivity index (χ2n) is 6.41. The summed E-state index contributed by atoms with van der Waals surface area (Å²) < 4.78 is 16.2. The third-order valence-corrected chi connectivity index (χ3v) is 4.69. The molecule has 0 radical (unpaired) electrons. The molecule has 0 unspecified atom stereocenters. The van der Waals surface area contributed by atoms with Gasteiger partial charge in [0.25, 0.3) is 0 Å². The fourth-order valence-electron chi connectivity index (χ4n) is 3.23. The molecule has 3 aromatic rings. The van der Waals surface area contributed by atoms with E-state index in [2.05, 4.69) is 0 Å². The molecule has 0 amide bonds. The minimum absolute atomic E-state index is 0.227. The van der Waals surface area contributed by atoms with E-state index in [0.717, 1.165) is 5.39 Å². The molecular weight excluding hydrogens is 356 g/mol. The zero-order valence-electron chi connectivity index (χ0n) is 14.1. The van der Waals surface area contributed by atoms with Crippen LogP contribution in [0.1, 0.15) is 0 Å². The Morgan fingerprint density at radius 1 is 0.926 bits per heavy atom. The van der Waals surface area contributed by atoms with Crippen LogP contribution in [0.4, 0.5) is 0 Å². The Labute approximate surface area is 152 Å². The molecule has 1 saturated heterocycles. The van der Waals surface area contributed by atoms with Crippen LogP contribution in [0.3, 0.4) is 0 Å². The maximum atomic E-state index is 12.1. The molecule has 1 aliphatic rings. The van der Waals surface area contributed by atoms with Gasteiger partial charge in [0.15, 0.2) is 0 Å². The van der Waals surface area contributed by atoms with Crippen molar-refractivity contribution in [2.24, 2.45) is 0 Å². The predicted molar refractivity (Wildman–Crippen MR) is 94.4 cm³/mol. The van der Waals surface area contributed by atoms with Crippen molar-refractivity contribution in [3.63, 3.8) is 0 Å². The van der Waals surface area contributed by atoms with Gasteiger partial charge in [-0.05, 0) is 23.6 Å². The van der Waals surface area contributed by atoms with E-state index < -0.39 is 42.9 Å². The summed E-state index contributed by atoms with van der Waals surface area (Å²) >= 11 is 0. The molecule has 0 spiro atoms. The standard InChI is InChI=1S/C19H18O8/c20-8-14-15(21)16(22)17(23)19(27-14)25-9-5-6-11-10-3-1-2-4-12(10)18(24)26-13(11)7-9/h1-7,14-17,19-23H,8H2/t14-,15+,16+,17-,19+/m1/s1. The Kier molecular flexibility index (Phi) is 4.58. The van der Waals surface area contributed by atoms with Crippen molar-refractivity contribution in [2.45, 2.75) is 30.7 Å². The van der Waals surface area contributed by atoms with E-state index >= 15 is 0 Å². The highest BCUT2D eigenvalue weighted by molar-refractivity contribution is 6.04. The Morgan fingerprint density at radius 2 is 1.67 bits per heavy atom. The Morgan fingerprint density at radius 3 is 2.41 bits per heavy atom. The summed E-state index contributed by atoms with van der Waals surface area (Å²) in [4.78, 5) is 12.1. The van der Waals surface area contributed by atoms with Crippen molar-refractivity contribution >= 4 is 21.7 Å². The number of ether oxygens (including phenoxy) is 2. The lowest BCUT2D eigenvalue weighted by Crippen LogP contribution is -2.60. The van der Waals surface area contributed by atoms with E-state index in [1.165, 1.54) is 6.07 Å². The van der Waals surface area contributed by atoms with Crippen LogP contribution in [0.5, 0.6) is 5.75 Å². The highest BCUT2D eigenvalue weighted by Crippen LogP contribution is 2.29. The van der Waals surface area contributed by atoms with Crippen molar-refractivity contribution in [1.82, 2.24) is 0 Å². The van der Waals surface area contributed by atoms with Gasteiger partial charge in [0, 0.05) is 11.5 Å². The van der Waals surface area contributed by atoms with Crippen molar-refractivity contribution in [2.75, 3.05) is 6.61 Å². The van der Waals surface area contributed by atoms with Gasteiger partial charge in [-0.1, -0.05) is 18.2 Å². The first-order valence-electron chi connectivity index (χ1n) is 8.42. The quantitative estimate of drug-likeness (QED) is 0.376. The zero-order chi connectivity index (χ0) is 19.1. The van der Waals surface area contributed by atoms with Gasteiger partial charge in [-0.15, -0.1) is 0 Å². The van der Waals surface area contributed by atoms with Gasteiger partial charge in [-0.2, -0.15) is 0 Å². The molecule has 0 saturated carbocycles. The number of benzene rings is 2. The molecule has 1 aliphatic heterocycles. The summed E-state index contributed by atoms with van der Waals surface area (Å²) in [6, 6.07) is 11.9. The minimum atomic E-state index is -1.54. The molecule has 142 valence electrons. The molecule has 2 heterocycles. The van der Waals surface area contributed by atoms with Gasteiger partial charge in [-0.3, -0.25) is 0 Å². The van der Waals surface area contributed by atoms with Crippen molar-refractivity contribution in [1.29, 1.82) is 0 Å². The molecule has 8 nitrogen and oxygen atoms in total. The lowest BCUT2D eigenvalue weighted by atomic mass is 9.99. The lowest BCUT2D eigenvalue weighted by molar-refractivity contribution is -0.277. The maximum Gasteiger partial charge on any atom is 0.344 e. The Bertz CT molecular complexity index is 1030. The van der Waals surface area contributed by atoms with Gasteiger partial charge in [-0.25, -0.2) is 4.79 Å². The summed E-state index contributed by atoms with van der Waals surface area (Å²) in [6.07, 6.45) is -6.92. The van der Waals surface area contributed by atoms with Crippen LogP contribution in [0.15, 0.2) is 51.7 Å². The highest BCUT2D eigenvalue weighted by Gasteiger charge is 2.44. The third kappa shape index (κ3) is 3.07. The summed E-state index contributed by atoms with van der Waals surface area (Å²) in [7, 11) is 0. The fourth-order valence-corrected chi connectivity index (χ4v) is 3.23. The normalized spacial score (nSPS) is 28.5. The van der Waals surface area contributed by atoms with Crippen LogP contribution in [-0.2, 0) is 4.74 Å². The van der Waals surface area contributed by atoms with Gasteiger partial charge < -0.3 is 34.3 Å². The molecule has 8 heteroatoms. The zero-order valence-corrected chi connectivity index (χ0v) is 14.1. The van der Waals surface area contributed by atoms with E-state index in [9.17, 15) is 25.2 Å². The van der Waals surface area contributed by atoms with E-state index in [4.69, 9.17) is 13.9 Å². The van der Waals surface area contributed by atoms with Crippen LogP contribution in [0.2, 0.25) is 0 Å². The largest absolute Gasteiger partial charge is 0.462 e. The second-order valence-corrected chi connectivity index (χ2v) is 6.41. The number of aliphatic hydroxyl groups is 4. The Hall–Kier alpha value is -2.49. The van der Waals surface area contributed by atoms with Gasteiger partial charge >= 0.3 is 5.63 Å². The molecule has 0 aliphatic carbocycles. The Balaban J connectivity index is 1.68. The predicted octanol–water partition coefficient (Wildman–Crippen LogP) is 0.125. The minimum Gasteiger partial charge on any atom is -0.462 e. The molecule has 5 atom stereocenters. The molecule has 1 fully saturated rings. The number of fused-ring (bicyclic) bond motifs is 3. The van der Waals surface area contributed by atoms with Gasteiger partial charge in [0.1, 0.15) is 35.7 Å². The molecule has 1 aromatic heterocycles. The first-order valence-corrected chi connectivity index (χ1v) is 8.42. The molecule has 0 bridgehead atoms. The lowest BCUT2D eigenvalue weighted by Gasteiger charge is -2.39. The highest BCUT2D eigenvalue weighted by atomic mass is 16.7.